The molecular formula is C10H13NO7S. The third-order valence-corrected chi connectivity index (χ3v) is 3.15. The minimum Gasteiger partial charge on any atom is -0.475 e. The topological polar surface area (TPSA) is 123 Å². The van der Waals surface area contributed by atoms with Crippen LogP contribution in [0.4, 0.5) is 0 Å². The molecule has 0 saturated carbocycles. The van der Waals surface area contributed by atoms with Crippen molar-refractivity contribution in [2.45, 2.75) is 13.5 Å². The maximum absolute atomic E-state index is 11.5. The number of nitrogens with one attached hydrogen (secondary N) is 1. The third kappa shape index (κ3) is 5.10. The van der Waals surface area contributed by atoms with E-state index in [2.05, 4.69) is 9.46 Å². The molecule has 0 radical (unpaired) electrons. The second-order valence-corrected chi connectivity index (χ2v) is 5.26. The molecule has 9 heteroatoms. The highest BCUT2D eigenvalue weighted by Gasteiger charge is 2.18. The van der Waals surface area contributed by atoms with Gasteiger partial charge in [-0.25, -0.2) is 17.9 Å². The van der Waals surface area contributed by atoms with Gasteiger partial charge in [0.2, 0.25) is 15.8 Å². The first-order chi connectivity index (χ1) is 8.84. The molecule has 0 fully saturated rings. The Balaban J connectivity index is 2.55. The summed E-state index contributed by atoms with van der Waals surface area (Å²) in [5, 5.41) is 8.61. The summed E-state index contributed by atoms with van der Waals surface area (Å²) in [6, 6.07) is 2.54. The third-order valence-electron chi connectivity index (χ3n) is 1.95. The van der Waals surface area contributed by atoms with Crippen LogP contribution in [-0.2, 0) is 26.1 Å². The Labute approximate surface area is 109 Å². The first-order valence-corrected chi connectivity index (χ1v) is 6.94. The molecule has 0 aliphatic heterocycles. The van der Waals surface area contributed by atoms with Crippen molar-refractivity contribution < 1.29 is 32.3 Å². The predicted molar refractivity (Wildman–Crippen MR) is 62.9 cm³/mol. The number of hydrogen-bond donors (Lipinski definition) is 2. The van der Waals surface area contributed by atoms with Gasteiger partial charge in [-0.3, -0.25) is 4.79 Å². The van der Waals surface area contributed by atoms with Crippen molar-refractivity contribution >= 4 is 22.0 Å². The van der Waals surface area contributed by atoms with Crippen LogP contribution in [0.2, 0.25) is 0 Å². The average molecular weight is 291 g/mol. The number of aromatic carboxylic acids is 1. The van der Waals surface area contributed by atoms with Crippen LogP contribution >= 0.6 is 0 Å². The quantitative estimate of drug-likeness (QED) is 0.675. The van der Waals surface area contributed by atoms with Crippen LogP contribution < -0.4 is 4.72 Å². The van der Waals surface area contributed by atoms with E-state index >= 15 is 0 Å². The molecule has 0 bridgehead atoms. The summed E-state index contributed by atoms with van der Waals surface area (Å²) in [7, 11) is -3.84. The summed E-state index contributed by atoms with van der Waals surface area (Å²) >= 11 is 0. The van der Waals surface area contributed by atoms with Crippen LogP contribution in [0.15, 0.2) is 16.5 Å². The minimum atomic E-state index is -3.84. The van der Waals surface area contributed by atoms with Crippen LogP contribution in [0.25, 0.3) is 0 Å². The molecule has 0 aromatic carbocycles. The molecule has 0 aliphatic carbocycles. The fourth-order valence-electron chi connectivity index (χ4n) is 1.18. The van der Waals surface area contributed by atoms with Gasteiger partial charge in [-0.1, -0.05) is 0 Å². The number of esters is 1. The van der Waals surface area contributed by atoms with Gasteiger partial charge in [0.25, 0.3) is 0 Å². The molecule has 0 spiro atoms. The molecule has 0 saturated heterocycles. The molecule has 1 aromatic rings. The molecule has 0 aliphatic rings. The van der Waals surface area contributed by atoms with E-state index in [4.69, 9.17) is 9.52 Å². The Morgan fingerprint density at radius 3 is 2.63 bits per heavy atom. The largest absolute Gasteiger partial charge is 0.475 e. The van der Waals surface area contributed by atoms with E-state index in [-0.39, 0.29) is 24.7 Å². The smallest absolute Gasteiger partial charge is 0.371 e. The standard InChI is InChI=1S/C10H13NO7S/c1-2-17-9(12)6-19(15,16)11-5-7-3-4-8(18-7)10(13)14/h3-4,11H,2,5-6H2,1H3,(H,13,14). The van der Waals surface area contributed by atoms with E-state index in [1.165, 1.54) is 12.1 Å². The summed E-state index contributed by atoms with van der Waals surface area (Å²) < 4.78 is 34.4. The number of rotatable bonds is 7. The number of carbonyl (C=O) groups excluding carboxylic acids is 1. The molecule has 1 rings (SSSR count). The molecule has 8 nitrogen and oxygen atoms in total. The zero-order valence-electron chi connectivity index (χ0n) is 10.1. The van der Waals surface area contributed by atoms with E-state index in [1.807, 2.05) is 0 Å². The van der Waals surface area contributed by atoms with Gasteiger partial charge in [-0.2, -0.15) is 0 Å². The van der Waals surface area contributed by atoms with Crippen LogP contribution in [0.1, 0.15) is 23.2 Å². The predicted octanol–water partition coefficient (Wildman–Crippen LogP) is -0.0397. The lowest BCUT2D eigenvalue weighted by Crippen LogP contribution is -2.30. The first-order valence-electron chi connectivity index (χ1n) is 5.29. The van der Waals surface area contributed by atoms with Crippen LogP contribution in [0.5, 0.6) is 0 Å². The number of carbonyl (C=O) groups is 2. The van der Waals surface area contributed by atoms with Crippen molar-refractivity contribution in [3.05, 3.63) is 23.7 Å². The zero-order valence-corrected chi connectivity index (χ0v) is 10.9. The number of carboxylic acid groups (broad SMARTS) is 1. The maximum Gasteiger partial charge on any atom is 0.371 e. The number of carboxylic acids is 1. The second kappa shape index (κ2) is 6.34. The molecule has 0 amide bonds. The van der Waals surface area contributed by atoms with Gasteiger partial charge in [-0.15, -0.1) is 0 Å². The number of sulfonamides is 1. The highest BCUT2D eigenvalue weighted by Crippen LogP contribution is 2.07. The first kappa shape index (κ1) is 15.2. The van der Waals surface area contributed by atoms with Gasteiger partial charge < -0.3 is 14.3 Å². The molecular weight excluding hydrogens is 278 g/mol. The fraction of sp³-hybridized carbons (Fsp3) is 0.400. The van der Waals surface area contributed by atoms with Gasteiger partial charge in [0.05, 0.1) is 13.2 Å². The zero-order chi connectivity index (χ0) is 14.5. The van der Waals surface area contributed by atoms with Crippen LogP contribution in [0, 0.1) is 0 Å². The number of ether oxygens (including phenoxy) is 1. The highest BCUT2D eigenvalue weighted by atomic mass is 32.2. The lowest BCUT2D eigenvalue weighted by molar-refractivity contribution is -0.139. The number of hydrogen-bond acceptors (Lipinski definition) is 6. The minimum absolute atomic E-state index is 0.0918. The van der Waals surface area contributed by atoms with E-state index in [0.717, 1.165) is 0 Å². The molecule has 1 heterocycles. The summed E-state index contributed by atoms with van der Waals surface area (Å²) in [6.07, 6.45) is 0. The molecule has 2 N–H and O–H groups in total. The molecule has 19 heavy (non-hydrogen) atoms. The van der Waals surface area contributed by atoms with Crippen LogP contribution in [0.3, 0.4) is 0 Å². The monoisotopic (exact) mass is 291 g/mol. The van der Waals surface area contributed by atoms with E-state index in [9.17, 15) is 18.0 Å². The lowest BCUT2D eigenvalue weighted by Gasteiger charge is -2.04. The van der Waals surface area contributed by atoms with Crippen molar-refractivity contribution in [2.75, 3.05) is 12.4 Å². The summed E-state index contributed by atoms with van der Waals surface area (Å²) in [5.41, 5.74) is 0. The van der Waals surface area contributed by atoms with E-state index in [0.29, 0.717) is 0 Å². The van der Waals surface area contributed by atoms with E-state index in [1.54, 1.807) is 6.92 Å². The Kier molecular flexibility index (Phi) is 5.07. The Hall–Kier alpha value is -1.87. The average Bonchev–Trinajstić information content (AvgIpc) is 2.74. The SMILES string of the molecule is CCOC(=O)CS(=O)(=O)NCc1ccc(C(=O)O)o1. The molecule has 0 atom stereocenters. The maximum atomic E-state index is 11.5. The summed E-state index contributed by atoms with van der Waals surface area (Å²) in [6.45, 7) is 1.41. The Bertz CT molecular complexity index is 560. The summed E-state index contributed by atoms with van der Waals surface area (Å²) in [5.74, 6) is -3.07. The Morgan fingerprint density at radius 2 is 2.11 bits per heavy atom. The Morgan fingerprint density at radius 1 is 1.42 bits per heavy atom. The van der Waals surface area contributed by atoms with Crippen molar-refractivity contribution in [2.24, 2.45) is 0 Å². The lowest BCUT2D eigenvalue weighted by atomic mass is 10.4. The normalized spacial score (nSPS) is 11.2. The molecule has 1 aromatic heterocycles. The van der Waals surface area contributed by atoms with Gasteiger partial charge in [0, 0.05) is 0 Å². The van der Waals surface area contributed by atoms with Crippen molar-refractivity contribution in [1.29, 1.82) is 0 Å². The number of furan rings is 1. The van der Waals surface area contributed by atoms with E-state index < -0.39 is 27.7 Å². The molecule has 0 unspecified atom stereocenters. The van der Waals surface area contributed by atoms with Gasteiger partial charge in [-0.05, 0) is 19.1 Å². The summed E-state index contributed by atoms with van der Waals surface area (Å²) in [4.78, 5) is 21.6. The fourth-order valence-corrected chi connectivity index (χ4v) is 2.04. The van der Waals surface area contributed by atoms with Crippen molar-refractivity contribution in [1.82, 2.24) is 4.72 Å². The van der Waals surface area contributed by atoms with Crippen molar-refractivity contribution in [3.8, 4) is 0 Å². The van der Waals surface area contributed by atoms with Crippen molar-refractivity contribution in [3.63, 3.8) is 0 Å². The van der Waals surface area contributed by atoms with Gasteiger partial charge >= 0.3 is 11.9 Å². The van der Waals surface area contributed by atoms with Gasteiger partial charge in [0.15, 0.2) is 5.75 Å². The van der Waals surface area contributed by atoms with Gasteiger partial charge in [0.1, 0.15) is 5.76 Å². The highest BCUT2D eigenvalue weighted by molar-refractivity contribution is 7.90. The van der Waals surface area contributed by atoms with Crippen LogP contribution in [-0.4, -0.2) is 37.8 Å². The molecule has 106 valence electrons. The second-order valence-electron chi connectivity index (χ2n) is 3.46.